The molecular formula is C13H25NO2. The van der Waals surface area contributed by atoms with Crippen LogP contribution in [0.1, 0.15) is 65.2 Å². The molecule has 1 rings (SSSR count). The number of carbonyl (C=O) groups is 1. The minimum absolute atomic E-state index is 0.401. The maximum atomic E-state index is 11.4. The molecule has 2 N–H and O–H groups in total. The van der Waals surface area contributed by atoms with Crippen LogP contribution in [0.3, 0.4) is 0 Å². The Morgan fingerprint density at radius 3 is 2.06 bits per heavy atom. The van der Waals surface area contributed by atoms with Crippen molar-refractivity contribution < 1.29 is 9.90 Å². The summed E-state index contributed by atoms with van der Waals surface area (Å²) >= 11 is 0. The van der Waals surface area contributed by atoms with E-state index in [0.717, 1.165) is 12.8 Å². The van der Waals surface area contributed by atoms with Crippen molar-refractivity contribution in [1.82, 2.24) is 5.32 Å². The van der Waals surface area contributed by atoms with Crippen LogP contribution in [0.5, 0.6) is 0 Å². The third-order valence-corrected chi connectivity index (χ3v) is 3.95. The van der Waals surface area contributed by atoms with Gasteiger partial charge in [-0.15, -0.1) is 0 Å². The highest BCUT2D eigenvalue weighted by molar-refractivity contribution is 5.78. The molecule has 1 fully saturated rings. The van der Waals surface area contributed by atoms with Gasteiger partial charge in [0.05, 0.1) is 0 Å². The molecule has 0 aromatic rings. The molecule has 1 aliphatic rings. The van der Waals surface area contributed by atoms with Crippen molar-refractivity contribution in [2.75, 3.05) is 0 Å². The van der Waals surface area contributed by atoms with Crippen molar-refractivity contribution in [2.24, 2.45) is 0 Å². The molecule has 0 saturated heterocycles. The lowest BCUT2D eigenvalue weighted by molar-refractivity contribution is -0.145. The van der Waals surface area contributed by atoms with Crippen LogP contribution >= 0.6 is 0 Å². The van der Waals surface area contributed by atoms with Crippen molar-refractivity contribution in [2.45, 2.75) is 76.8 Å². The lowest BCUT2D eigenvalue weighted by atomic mass is 9.90. The minimum atomic E-state index is -0.699. The Labute approximate surface area is 98.6 Å². The van der Waals surface area contributed by atoms with Crippen LogP contribution in [-0.4, -0.2) is 22.7 Å². The smallest absolute Gasteiger partial charge is 0.323 e. The van der Waals surface area contributed by atoms with Gasteiger partial charge >= 0.3 is 5.97 Å². The predicted octanol–water partition coefficient (Wildman–Crippen LogP) is 2.94. The van der Waals surface area contributed by atoms with Crippen molar-refractivity contribution in [3.63, 3.8) is 0 Å². The maximum absolute atomic E-state index is 11.4. The molecule has 1 aliphatic carbocycles. The molecule has 94 valence electrons. The van der Waals surface area contributed by atoms with Gasteiger partial charge in [0.2, 0.25) is 0 Å². The summed E-state index contributed by atoms with van der Waals surface area (Å²) in [5.41, 5.74) is -0.699. The van der Waals surface area contributed by atoms with Crippen LogP contribution in [0.25, 0.3) is 0 Å². The second kappa shape index (κ2) is 6.24. The van der Waals surface area contributed by atoms with Crippen molar-refractivity contribution >= 4 is 5.97 Å². The fourth-order valence-electron chi connectivity index (χ4n) is 2.63. The highest BCUT2D eigenvalue weighted by atomic mass is 16.4. The number of hydrogen-bond donors (Lipinski definition) is 2. The lowest BCUT2D eigenvalue weighted by Gasteiger charge is -2.33. The molecular weight excluding hydrogens is 202 g/mol. The largest absolute Gasteiger partial charge is 0.480 e. The van der Waals surface area contributed by atoms with Gasteiger partial charge < -0.3 is 5.11 Å². The molecule has 1 saturated carbocycles. The monoisotopic (exact) mass is 227 g/mol. The fraction of sp³-hybridized carbons (Fsp3) is 0.923. The second-order valence-electron chi connectivity index (χ2n) is 4.93. The van der Waals surface area contributed by atoms with Gasteiger partial charge in [-0.3, -0.25) is 10.1 Å². The van der Waals surface area contributed by atoms with Gasteiger partial charge in [0.1, 0.15) is 5.54 Å². The Morgan fingerprint density at radius 2 is 1.69 bits per heavy atom. The van der Waals surface area contributed by atoms with Gasteiger partial charge in [-0.2, -0.15) is 0 Å². The molecule has 0 amide bonds. The van der Waals surface area contributed by atoms with Crippen LogP contribution in [0.15, 0.2) is 0 Å². The zero-order valence-corrected chi connectivity index (χ0v) is 10.6. The van der Waals surface area contributed by atoms with Crippen LogP contribution in [0.4, 0.5) is 0 Å². The van der Waals surface area contributed by atoms with E-state index in [2.05, 4.69) is 5.32 Å². The predicted molar refractivity (Wildman–Crippen MR) is 65.6 cm³/mol. The first-order valence-corrected chi connectivity index (χ1v) is 6.65. The van der Waals surface area contributed by atoms with Gasteiger partial charge in [-0.05, 0) is 25.7 Å². The molecule has 0 bridgehead atoms. The van der Waals surface area contributed by atoms with E-state index in [1.165, 1.54) is 25.7 Å². The molecule has 3 heteroatoms. The van der Waals surface area contributed by atoms with Gasteiger partial charge in [-0.25, -0.2) is 0 Å². The van der Waals surface area contributed by atoms with Gasteiger partial charge in [0, 0.05) is 6.04 Å². The van der Waals surface area contributed by atoms with E-state index in [-0.39, 0.29) is 0 Å². The Morgan fingerprint density at radius 1 is 1.19 bits per heavy atom. The van der Waals surface area contributed by atoms with E-state index in [9.17, 15) is 9.90 Å². The fourth-order valence-corrected chi connectivity index (χ4v) is 2.63. The van der Waals surface area contributed by atoms with Crippen LogP contribution in [-0.2, 0) is 4.79 Å². The highest BCUT2D eigenvalue weighted by Crippen LogP contribution is 2.23. The van der Waals surface area contributed by atoms with Gasteiger partial charge in [0.15, 0.2) is 0 Å². The summed E-state index contributed by atoms with van der Waals surface area (Å²) in [5.74, 6) is -0.693. The maximum Gasteiger partial charge on any atom is 0.323 e. The molecule has 0 radical (unpaired) electrons. The average Bonchev–Trinajstić information content (AvgIpc) is 2.54. The normalized spacial score (nSPS) is 19.4. The molecule has 3 nitrogen and oxygen atoms in total. The van der Waals surface area contributed by atoms with Gasteiger partial charge in [0.25, 0.3) is 0 Å². The number of hydrogen-bond acceptors (Lipinski definition) is 2. The van der Waals surface area contributed by atoms with E-state index >= 15 is 0 Å². The molecule has 0 heterocycles. The van der Waals surface area contributed by atoms with E-state index in [1.54, 1.807) is 0 Å². The van der Waals surface area contributed by atoms with E-state index in [0.29, 0.717) is 18.9 Å². The summed E-state index contributed by atoms with van der Waals surface area (Å²) in [6.07, 6.45) is 8.67. The summed E-state index contributed by atoms with van der Waals surface area (Å²) in [4.78, 5) is 11.4. The van der Waals surface area contributed by atoms with Crippen LogP contribution in [0, 0.1) is 0 Å². The minimum Gasteiger partial charge on any atom is -0.480 e. The Bertz CT molecular complexity index is 216. The Kier molecular flexibility index (Phi) is 5.26. The molecule has 0 aliphatic heterocycles. The topological polar surface area (TPSA) is 49.3 Å². The molecule has 0 unspecified atom stereocenters. The Balaban J connectivity index is 2.62. The number of carboxylic acid groups (broad SMARTS) is 1. The zero-order valence-electron chi connectivity index (χ0n) is 10.6. The van der Waals surface area contributed by atoms with Crippen molar-refractivity contribution in [1.29, 1.82) is 0 Å². The summed E-state index contributed by atoms with van der Waals surface area (Å²) in [6, 6.07) is 0.401. The third kappa shape index (κ3) is 3.21. The number of carboxylic acids is 1. The first kappa shape index (κ1) is 13.5. The first-order valence-electron chi connectivity index (χ1n) is 6.65. The number of aliphatic carboxylic acids is 1. The summed E-state index contributed by atoms with van der Waals surface area (Å²) in [7, 11) is 0. The molecule has 0 aromatic carbocycles. The zero-order chi connectivity index (χ0) is 12.0. The van der Waals surface area contributed by atoms with Gasteiger partial charge in [-0.1, -0.05) is 39.5 Å². The highest BCUT2D eigenvalue weighted by Gasteiger charge is 2.36. The molecule has 0 aromatic heterocycles. The van der Waals surface area contributed by atoms with Crippen molar-refractivity contribution in [3.05, 3.63) is 0 Å². The molecule has 0 spiro atoms. The second-order valence-corrected chi connectivity index (χ2v) is 4.93. The summed E-state index contributed by atoms with van der Waals surface area (Å²) in [6.45, 7) is 3.92. The third-order valence-electron chi connectivity index (χ3n) is 3.95. The van der Waals surface area contributed by atoms with Crippen LogP contribution in [0.2, 0.25) is 0 Å². The molecule has 16 heavy (non-hydrogen) atoms. The Hall–Kier alpha value is -0.570. The van der Waals surface area contributed by atoms with E-state index in [4.69, 9.17) is 0 Å². The average molecular weight is 227 g/mol. The van der Waals surface area contributed by atoms with Crippen molar-refractivity contribution in [3.8, 4) is 0 Å². The standard InChI is InChI=1S/C13H25NO2/c1-3-13(4-2,12(15)16)14-11-9-7-5-6-8-10-11/h11,14H,3-10H2,1-2H3,(H,15,16). The van der Waals surface area contributed by atoms with E-state index < -0.39 is 11.5 Å². The first-order chi connectivity index (χ1) is 7.64. The molecule has 0 atom stereocenters. The summed E-state index contributed by atoms with van der Waals surface area (Å²) < 4.78 is 0. The van der Waals surface area contributed by atoms with E-state index in [1.807, 2.05) is 13.8 Å². The number of nitrogens with one attached hydrogen (secondary N) is 1. The summed E-state index contributed by atoms with van der Waals surface area (Å²) in [5, 5.41) is 12.8. The quantitative estimate of drug-likeness (QED) is 0.710. The van der Waals surface area contributed by atoms with Crippen LogP contribution < -0.4 is 5.32 Å². The SMILES string of the molecule is CCC(CC)(NC1CCCCCC1)C(=O)O. The lowest BCUT2D eigenvalue weighted by Crippen LogP contribution is -2.55. The number of rotatable bonds is 5.